The van der Waals surface area contributed by atoms with E-state index < -0.39 is 12.1 Å². The van der Waals surface area contributed by atoms with Crippen LogP contribution in [0.2, 0.25) is 0 Å². The predicted octanol–water partition coefficient (Wildman–Crippen LogP) is 2.78. The number of fused-ring (bicyclic) bond motifs is 1. The van der Waals surface area contributed by atoms with Gasteiger partial charge in [0.2, 0.25) is 0 Å². The topological polar surface area (TPSA) is 72.0 Å². The molecule has 0 amide bonds. The molecule has 2 aromatic rings. The van der Waals surface area contributed by atoms with Crippen LogP contribution in [-0.2, 0) is 9.53 Å². The molecule has 0 aromatic carbocycles. The van der Waals surface area contributed by atoms with Gasteiger partial charge in [-0.25, -0.2) is 9.78 Å². The second kappa shape index (κ2) is 5.58. The molecule has 106 valence electrons. The first kappa shape index (κ1) is 14.5. The SMILES string of the molecule is C/C=C/C(=O)O[C@@H](C)c1nc2sc(C)c(C)c2c(=O)[nH]1. The number of carbonyl (C=O) groups is 1. The zero-order valence-corrected chi connectivity index (χ0v) is 12.6. The van der Waals surface area contributed by atoms with Crippen LogP contribution in [0.15, 0.2) is 16.9 Å². The Morgan fingerprint density at radius 3 is 2.80 bits per heavy atom. The fourth-order valence-corrected chi connectivity index (χ4v) is 2.91. The molecule has 0 saturated carbocycles. The molecule has 0 bridgehead atoms. The molecule has 6 heteroatoms. The maximum atomic E-state index is 12.1. The summed E-state index contributed by atoms with van der Waals surface area (Å²) in [7, 11) is 0. The van der Waals surface area contributed by atoms with Crippen molar-refractivity contribution in [2.24, 2.45) is 0 Å². The van der Waals surface area contributed by atoms with Crippen molar-refractivity contribution >= 4 is 27.5 Å². The smallest absolute Gasteiger partial charge is 0.331 e. The van der Waals surface area contributed by atoms with Crippen LogP contribution in [0.5, 0.6) is 0 Å². The van der Waals surface area contributed by atoms with E-state index in [1.165, 1.54) is 17.4 Å². The first-order valence-corrected chi connectivity index (χ1v) is 7.09. The van der Waals surface area contributed by atoms with Gasteiger partial charge in [0.05, 0.1) is 5.39 Å². The molecule has 0 unspecified atom stereocenters. The number of hydrogen-bond acceptors (Lipinski definition) is 5. The van der Waals surface area contributed by atoms with Crippen LogP contribution in [-0.4, -0.2) is 15.9 Å². The van der Waals surface area contributed by atoms with Crippen LogP contribution >= 0.6 is 11.3 Å². The Hall–Kier alpha value is -1.95. The van der Waals surface area contributed by atoms with Crippen molar-refractivity contribution in [3.05, 3.63) is 38.8 Å². The molecule has 0 saturated heterocycles. The lowest BCUT2D eigenvalue weighted by molar-refractivity contribution is -0.142. The molecule has 2 aromatic heterocycles. The Morgan fingerprint density at radius 2 is 2.15 bits per heavy atom. The van der Waals surface area contributed by atoms with Gasteiger partial charge < -0.3 is 9.72 Å². The number of H-pyrrole nitrogens is 1. The van der Waals surface area contributed by atoms with Gasteiger partial charge in [0, 0.05) is 11.0 Å². The van der Waals surface area contributed by atoms with Crippen molar-refractivity contribution in [3.63, 3.8) is 0 Å². The summed E-state index contributed by atoms with van der Waals surface area (Å²) in [6.07, 6.45) is 2.32. The number of carbonyl (C=O) groups excluding carboxylic acids is 1. The van der Waals surface area contributed by atoms with Crippen LogP contribution < -0.4 is 5.56 Å². The molecule has 0 aliphatic carbocycles. The summed E-state index contributed by atoms with van der Waals surface area (Å²) in [5, 5.41) is 0.614. The predicted molar refractivity (Wildman–Crippen MR) is 79.0 cm³/mol. The average Bonchev–Trinajstić information content (AvgIpc) is 2.65. The van der Waals surface area contributed by atoms with Gasteiger partial charge in [-0.15, -0.1) is 11.3 Å². The number of aromatic nitrogens is 2. The molecule has 0 spiro atoms. The number of esters is 1. The van der Waals surface area contributed by atoms with E-state index in [1.54, 1.807) is 19.9 Å². The van der Waals surface area contributed by atoms with Crippen LogP contribution in [0, 0.1) is 13.8 Å². The molecule has 1 atom stereocenters. The highest BCUT2D eigenvalue weighted by molar-refractivity contribution is 7.18. The second-order valence-electron chi connectivity index (χ2n) is 4.49. The highest BCUT2D eigenvalue weighted by atomic mass is 32.1. The van der Waals surface area contributed by atoms with Gasteiger partial charge in [-0.05, 0) is 33.3 Å². The fourth-order valence-electron chi connectivity index (χ4n) is 1.87. The van der Waals surface area contributed by atoms with Gasteiger partial charge in [-0.3, -0.25) is 4.79 Å². The number of aromatic amines is 1. The van der Waals surface area contributed by atoms with Gasteiger partial charge in [0.15, 0.2) is 11.9 Å². The molecule has 5 nitrogen and oxygen atoms in total. The first-order valence-electron chi connectivity index (χ1n) is 6.27. The summed E-state index contributed by atoms with van der Waals surface area (Å²) in [6, 6.07) is 0. The number of hydrogen-bond donors (Lipinski definition) is 1. The van der Waals surface area contributed by atoms with E-state index in [-0.39, 0.29) is 5.56 Å². The fraction of sp³-hybridized carbons (Fsp3) is 0.357. The van der Waals surface area contributed by atoms with Gasteiger partial charge in [-0.2, -0.15) is 0 Å². The maximum Gasteiger partial charge on any atom is 0.331 e. The van der Waals surface area contributed by atoms with Crippen molar-refractivity contribution in [2.75, 3.05) is 0 Å². The number of aryl methyl sites for hydroxylation is 2. The van der Waals surface area contributed by atoms with Crippen molar-refractivity contribution in [1.82, 2.24) is 9.97 Å². The van der Waals surface area contributed by atoms with E-state index in [4.69, 9.17) is 4.74 Å². The molecular weight excluding hydrogens is 276 g/mol. The van der Waals surface area contributed by atoms with Gasteiger partial charge in [0.1, 0.15) is 4.83 Å². The number of rotatable bonds is 3. The van der Waals surface area contributed by atoms with E-state index in [1.807, 2.05) is 13.8 Å². The third kappa shape index (κ3) is 2.65. The van der Waals surface area contributed by atoms with Crippen molar-refractivity contribution in [2.45, 2.75) is 33.8 Å². The van der Waals surface area contributed by atoms with E-state index in [0.29, 0.717) is 16.0 Å². The summed E-state index contributed by atoms with van der Waals surface area (Å²) in [4.78, 5) is 32.3. The molecule has 0 radical (unpaired) electrons. The number of ether oxygens (including phenoxy) is 1. The molecule has 2 heterocycles. The summed E-state index contributed by atoms with van der Waals surface area (Å²) >= 11 is 1.47. The van der Waals surface area contributed by atoms with E-state index >= 15 is 0 Å². The molecule has 2 rings (SSSR count). The molecule has 1 N–H and O–H groups in total. The minimum Gasteiger partial charge on any atom is -0.451 e. The molecule has 0 aliphatic rings. The third-order valence-corrected chi connectivity index (χ3v) is 4.14. The number of nitrogens with one attached hydrogen (secondary N) is 1. The average molecular weight is 292 g/mol. The van der Waals surface area contributed by atoms with E-state index in [9.17, 15) is 9.59 Å². The Labute approximate surface area is 120 Å². The number of allylic oxidation sites excluding steroid dienone is 1. The summed E-state index contributed by atoms with van der Waals surface area (Å²) in [5.74, 6) is -0.0945. The molecular formula is C14H16N2O3S. The second-order valence-corrected chi connectivity index (χ2v) is 5.70. The standard InChI is InChI=1S/C14H16N2O3S/c1-5-6-10(17)19-8(3)12-15-13(18)11-7(2)9(4)20-14(11)16-12/h5-6,8H,1-4H3,(H,15,16,18)/b6-5+/t8-/m0/s1. The van der Waals surface area contributed by atoms with Crippen molar-refractivity contribution < 1.29 is 9.53 Å². The monoisotopic (exact) mass is 292 g/mol. The lowest BCUT2D eigenvalue weighted by atomic mass is 10.2. The zero-order valence-electron chi connectivity index (χ0n) is 11.8. The Bertz CT molecular complexity index is 743. The van der Waals surface area contributed by atoms with Crippen molar-refractivity contribution in [1.29, 1.82) is 0 Å². The van der Waals surface area contributed by atoms with Gasteiger partial charge in [-0.1, -0.05) is 6.08 Å². The van der Waals surface area contributed by atoms with E-state index in [2.05, 4.69) is 9.97 Å². The molecule has 20 heavy (non-hydrogen) atoms. The highest BCUT2D eigenvalue weighted by Gasteiger charge is 2.17. The number of thiophene rings is 1. The minimum absolute atomic E-state index is 0.194. The minimum atomic E-state index is -0.599. The lowest BCUT2D eigenvalue weighted by Crippen LogP contribution is -2.16. The molecule has 0 aliphatic heterocycles. The van der Waals surface area contributed by atoms with Crippen molar-refractivity contribution in [3.8, 4) is 0 Å². The Balaban J connectivity index is 2.41. The first-order chi connectivity index (χ1) is 9.43. The normalized spacial score (nSPS) is 13.0. The van der Waals surface area contributed by atoms with Crippen LogP contribution in [0.3, 0.4) is 0 Å². The third-order valence-electron chi connectivity index (χ3n) is 3.04. The Morgan fingerprint density at radius 1 is 1.45 bits per heavy atom. The molecule has 0 fully saturated rings. The summed E-state index contributed by atoms with van der Waals surface area (Å²) in [6.45, 7) is 7.27. The number of nitrogens with zero attached hydrogens (tertiary/aromatic N) is 1. The maximum absolute atomic E-state index is 12.1. The van der Waals surface area contributed by atoms with E-state index in [0.717, 1.165) is 10.4 Å². The summed E-state index contributed by atoms with van der Waals surface area (Å²) < 4.78 is 5.16. The van der Waals surface area contributed by atoms with Gasteiger partial charge in [0.25, 0.3) is 5.56 Å². The highest BCUT2D eigenvalue weighted by Crippen LogP contribution is 2.26. The van der Waals surface area contributed by atoms with Crippen LogP contribution in [0.4, 0.5) is 0 Å². The summed E-state index contributed by atoms with van der Waals surface area (Å²) in [5.41, 5.74) is 0.754. The van der Waals surface area contributed by atoms with Crippen LogP contribution in [0.1, 0.15) is 36.2 Å². The Kier molecular flexibility index (Phi) is 4.04. The quantitative estimate of drug-likeness (QED) is 0.697. The van der Waals surface area contributed by atoms with Gasteiger partial charge >= 0.3 is 5.97 Å². The zero-order chi connectivity index (χ0) is 14.9. The van der Waals surface area contributed by atoms with Crippen LogP contribution in [0.25, 0.3) is 10.2 Å². The lowest BCUT2D eigenvalue weighted by Gasteiger charge is -2.10. The largest absolute Gasteiger partial charge is 0.451 e.